The molecule has 3 heteroatoms. The van der Waals surface area contributed by atoms with Crippen molar-refractivity contribution in [3.8, 4) is 16.9 Å². The van der Waals surface area contributed by atoms with E-state index in [2.05, 4.69) is 11.4 Å². The number of anilines is 1. The van der Waals surface area contributed by atoms with Gasteiger partial charge >= 0.3 is 6.09 Å². The first-order valence-electron chi connectivity index (χ1n) is 6.93. The average Bonchev–Trinajstić information content (AvgIpc) is 2.57. The molecule has 0 atom stereocenters. The van der Waals surface area contributed by atoms with Crippen LogP contribution in [0, 0.1) is 6.07 Å². The number of para-hydroxylation sites is 2. The van der Waals surface area contributed by atoms with Crippen LogP contribution in [0.4, 0.5) is 10.5 Å². The molecule has 0 aromatic heterocycles. The molecule has 3 rings (SSSR count). The molecule has 3 aromatic rings. The molecule has 0 bridgehead atoms. The number of ether oxygens (including phenoxy) is 1. The number of amides is 1. The van der Waals surface area contributed by atoms with Gasteiger partial charge in [-0.3, -0.25) is 5.32 Å². The zero-order valence-electron chi connectivity index (χ0n) is 11.8. The van der Waals surface area contributed by atoms with E-state index in [-0.39, 0.29) is 0 Å². The summed E-state index contributed by atoms with van der Waals surface area (Å²) in [7, 11) is 0. The minimum absolute atomic E-state index is 0.503. The lowest BCUT2D eigenvalue weighted by Crippen LogP contribution is -2.17. The highest BCUT2D eigenvalue weighted by atomic mass is 16.6. The van der Waals surface area contributed by atoms with Crippen LogP contribution < -0.4 is 10.1 Å². The summed E-state index contributed by atoms with van der Waals surface area (Å²) in [5, 5.41) is 2.78. The van der Waals surface area contributed by atoms with E-state index in [0.717, 1.165) is 11.1 Å². The number of carbonyl (C=O) groups is 1. The topological polar surface area (TPSA) is 38.3 Å². The molecule has 3 nitrogen and oxygen atoms in total. The molecule has 0 spiro atoms. The lowest BCUT2D eigenvalue weighted by Gasteiger charge is -2.11. The number of hydrogen-bond acceptors (Lipinski definition) is 2. The first-order chi connectivity index (χ1) is 10.8. The average molecular weight is 288 g/mol. The zero-order chi connectivity index (χ0) is 15.2. The van der Waals surface area contributed by atoms with Crippen molar-refractivity contribution in [1.82, 2.24) is 0 Å². The molecule has 0 heterocycles. The smallest absolute Gasteiger partial charge is 0.410 e. The highest BCUT2D eigenvalue weighted by Crippen LogP contribution is 2.27. The molecule has 0 fully saturated rings. The number of carbonyl (C=O) groups excluding carboxylic acids is 1. The molecular weight excluding hydrogens is 274 g/mol. The molecule has 0 saturated heterocycles. The maximum absolute atomic E-state index is 12.0. The highest BCUT2D eigenvalue weighted by Gasteiger charge is 2.09. The van der Waals surface area contributed by atoms with Crippen LogP contribution in [0.15, 0.2) is 78.9 Å². The Kier molecular flexibility index (Phi) is 4.16. The van der Waals surface area contributed by atoms with Gasteiger partial charge in [0.05, 0.1) is 5.69 Å². The van der Waals surface area contributed by atoms with E-state index < -0.39 is 6.09 Å². The van der Waals surface area contributed by atoms with Crippen LogP contribution >= 0.6 is 0 Å². The third kappa shape index (κ3) is 3.33. The molecule has 1 amide bonds. The Morgan fingerprint density at radius 3 is 2.36 bits per heavy atom. The Morgan fingerprint density at radius 2 is 1.59 bits per heavy atom. The van der Waals surface area contributed by atoms with Crippen LogP contribution in [0.3, 0.4) is 0 Å². The van der Waals surface area contributed by atoms with Gasteiger partial charge in [-0.1, -0.05) is 60.7 Å². The summed E-state index contributed by atoms with van der Waals surface area (Å²) in [6, 6.07) is 27.3. The van der Waals surface area contributed by atoms with Crippen molar-refractivity contribution < 1.29 is 9.53 Å². The Labute approximate surface area is 129 Å². The largest absolute Gasteiger partial charge is 0.417 e. The molecular formula is C19H14NO2. The van der Waals surface area contributed by atoms with Crippen LogP contribution in [0.25, 0.3) is 11.1 Å². The Bertz CT molecular complexity index is 755. The fourth-order valence-electron chi connectivity index (χ4n) is 2.12. The third-order valence-electron chi connectivity index (χ3n) is 3.12. The van der Waals surface area contributed by atoms with Crippen molar-refractivity contribution in [1.29, 1.82) is 0 Å². The predicted molar refractivity (Wildman–Crippen MR) is 86.8 cm³/mol. The van der Waals surface area contributed by atoms with Crippen LogP contribution in [0.2, 0.25) is 0 Å². The summed E-state index contributed by atoms with van der Waals surface area (Å²) in [6.07, 6.45) is -0.519. The molecule has 1 radical (unpaired) electrons. The SMILES string of the molecule is O=C(Nc1ccccc1-c1[c]cccc1)Oc1ccccc1. The van der Waals surface area contributed by atoms with E-state index in [9.17, 15) is 4.79 Å². The third-order valence-corrected chi connectivity index (χ3v) is 3.12. The minimum Gasteiger partial charge on any atom is -0.410 e. The van der Waals surface area contributed by atoms with Crippen LogP contribution in [-0.2, 0) is 0 Å². The second kappa shape index (κ2) is 6.59. The summed E-state index contributed by atoms with van der Waals surface area (Å²) >= 11 is 0. The lowest BCUT2D eigenvalue weighted by atomic mass is 10.0. The van der Waals surface area contributed by atoms with Gasteiger partial charge in [0, 0.05) is 5.56 Å². The van der Waals surface area contributed by atoms with E-state index in [1.54, 1.807) is 12.1 Å². The first-order valence-corrected chi connectivity index (χ1v) is 6.93. The number of benzene rings is 3. The van der Waals surface area contributed by atoms with Crippen molar-refractivity contribution in [3.63, 3.8) is 0 Å². The van der Waals surface area contributed by atoms with Gasteiger partial charge in [-0.15, -0.1) is 0 Å². The maximum atomic E-state index is 12.0. The fourth-order valence-corrected chi connectivity index (χ4v) is 2.12. The van der Waals surface area contributed by atoms with E-state index in [1.807, 2.05) is 66.7 Å². The van der Waals surface area contributed by atoms with E-state index in [0.29, 0.717) is 11.4 Å². The highest BCUT2D eigenvalue weighted by molar-refractivity contribution is 5.92. The Balaban J connectivity index is 1.80. The van der Waals surface area contributed by atoms with Crippen LogP contribution in [0.5, 0.6) is 5.75 Å². The van der Waals surface area contributed by atoms with Gasteiger partial charge in [-0.25, -0.2) is 4.79 Å². The second-order valence-corrected chi connectivity index (χ2v) is 4.65. The zero-order valence-corrected chi connectivity index (χ0v) is 11.8. The molecule has 22 heavy (non-hydrogen) atoms. The molecule has 107 valence electrons. The van der Waals surface area contributed by atoms with Gasteiger partial charge < -0.3 is 4.74 Å². The maximum Gasteiger partial charge on any atom is 0.417 e. The number of hydrogen-bond donors (Lipinski definition) is 1. The van der Waals surface area contributed by atoms with Gasteiger partial charge in [0.25, 0.3) is 0 Å². The minimum atomic E-state index is -0.519. The van der Waals surface area contributed by atoms with Crippen molar-refractivity contribution in [3.05, 3.63) is 84.9 Å². The first kappa shape index (κ1) is 13.9. The monoisotopic (exact) mass is 288 g/mol. The van der Waals surface area contributed by atoms with Gasteiger partial charge in [-0.2, -0.15) is 0 Å². The Hall–Kier alpha value is -3.07. The molecule has 0 aliphatic heterocycles. The molecule has 0 aliphatic carbocycles. The standard InChI is InChI=1S/C19H14NO2/c21-19(22-16-11-5-2-6-12-16)20-18-14-8-7-13-17(18)15-9-3-1-4-10-15/h1-9,11-14H,(H,20,21). The van der Waals surface area contributed by atoms with Crippen LogP contribution in [-0.4, -0.2) is 6.09 Å². The molecule has 0 saturated carbocycles. The quantitative estimate of drug-likeness (QED) is 0.754. The van der Waals surface area contributed by atoms with Crippen molar-refractivity contribution in [2.75, 3.05) is 5.32 Å². The summed E-state index contributed by atoms with van der Waals surface area (Å²) in [5.41, 5.74) is 2.50. The van der Waals surface area contributed by atoms with Crippen molar-refractivity contribution in [2.45, 2.75) is 0 Å². The van der Waals surface area contributed by atoms with E-state index in [1.165, 1.54) is 0 Å². The van der Waals surface area contributed by atoms with E-state index in [4.69, 9.17) is 4.74 Å². The normalized spacial score (nSPS) is 10.0. The number of rotatable bonds is 3. The summed E-state index contributed by atoms with van der Waals surface area (Å²) in [5.74, 6) is 0.503. The number of nitrogens with one attached hydrogen (secondary N) is 1. The van der Waals surface area contributed by atoms with Crippen molar-refractivity contribution >= 4 is 11.8 Å². The van der Waals surface area contributed by atoms with Crippen molar-refractivity contribution in [2.24, 2.45) is 0 Å². The molecule has 0 unspecified atom stereocenters. The predicted octanol–water partition coefficient (Wildman–Crippen LogP) is 4.76. The summed E-state index contributed by atoms with van der Waals surface area (Å²) < 4.78 is 5.25. The van der Waals surface area contributed by atoms with Gasteiger partial charge in [0.15, 0.2) is 0 Å². The van der Waals surface area contributed by atoms with E-state index >= 15 is 0 Å². The summed E-state index contributed by atoms with van der Waals surface area (Å²) in [4.78, 5) is 12.0. The van der Waals surface area contributed by atoms with Gasteiger partial charge in [0.2, 0.25) is 0 Å². The molecule has 0 aliphatic rings. The van der Waals surface area contributed by atoms with Gasteiger partial charge in [-0.05, 0) is 29.8 Å². The van der Waals surface area contributed by atoms with Crippen LogP contribution in [0.1, 0.15) is 0 Å². The second-order valence-electron chi connectivity index (χ2n) is 4.65. The lowest BCUT2D eigenvalue weighted by molar-refractivity contribution is 0.215. The van der Waals surface area contributed by atoms with Gasteiger partial charge in [0.1, 0.15) is 5.75 Å². The molecule has 3 aromatic carbocycles. The fraction of sp³-hybridized carbons (Fsp3) is 0. The molecule has 1 N–H and O–H groups in total. The summed E-state index contributed by atoms with van der Waals surface area (Å²) in [6.45, 7) is 0. The Morgan fingerprint density at radius 1 is 0.864 bits per heavy atom.